The molecule has 0 bridgehead atoms. The monoisotopic (exact) mass is 450 g/mol. The van der Waals surface area contributed by atoms with E-state index in [1.807, 2.05) is 71.8 Å². The summed E-state index contributed by atoms with van der Waals surface area (Å²) in [6.07, 6.45) is 3.36. The number of rotatable bonds is 7. The SMILES string of the molecule is Cc1cccc(C)c1OCc1nnc(SCC(=O)N2CCCCC2C)n1-c1ccccc1. The first-order chi connectivity index (χ1) is 15.5. The lowest BCUT2D eigenvalue weighted by atomic mass is 10.0. The predicted octanol–water partition coefficient (Wildman–Crippen LogP) is 4.96. The van der Waals surface area contributed by atoms with Gasteiger partial charge in [-0.3, -0.25) is 9.36 Å². The van der Waals surface area contributed by atoms with Crippen molar-refractivity contribution < 1.29 is 9.53 Å². The number of amides is 1. The average molecular weight is 451 g/mol. The van der Waals surface area contributed by atoms with Crippen LogP contribution in [0.1, 0.15) is 43.1 Å². The number of para-hydroxylation sites is 2. The van der Waals surface area contributed by atoms with Crippen LogP contribution < -0.4 is 4.74 Å². The van der Waals surface area contributed by atoms with Crippen LogP contribution in [0.3, 0.4) is 0 Å². The van der Waals surface area contributed by atoms with Gasteiger partial charge in [-0.2, -0.15) is 0 Å². The van der Waals surface area contributed by atoms with Crippen LogP contribution in [0.15, 0.2) is 53.7 Å². The molecule has 1 aliphatic heterocycles. The Kier molecular flexibility index (Phi) is 7.15. The van der Waals surface area contributed by atoms with Crippen LogP contribution in [0.5, 0.6) is 5.75 Å². The van der Waals surface area contributed by atoms with Crippen molar-refractivity contribution in [2.75, 3.05) is 12.3 Å². The van der Waals surface area contributed by atoms with Crippen molar-refractivity contribution in [1.82, 2.24) is 19.7 Å². The number of thioether (sulfide) groups is 1. The molecule has 1 saturated heterocycles. The highest BCUT2D eigenvalue weighted by Gasteiger charge is 2.24. The molecule has 7 heteroatoms. The number of benzene rings is 2. The van der Waals surface area contributed by atoms with Crippen LogP contribution in [0.4, 0.5) is 0 Å². The van der Waals surface area contributed by atoms with E-state index >= 15 is 0 Å². The van der Waals surface area contributed by atoms with Gasteiger partial charge in [0.15, 0.2) is 11.0 Å². The first-order valence-electron chi connectivity index (χ1n) is 11.2. The topological polar surface area (TPSA) is 60.3 Å². The molecule has 168 valence electrons. The van der Waals surface area contributed by atoms with E-state index in [4.69, 9.17) is 4.74 Å². The quantitative estimate of drug-likeness (QED) is 0.476. The normalized spacial score (nSPS) is 16.2. The molecule has 1 atom stereocenters. The molecular formula is C25H30N4O2S. The van der Waals surface area contributed by atoms with E-state index in [1.54, 1.807) is 0 Å². The summed E-state index contributed by atoms with van der Waals surface area (Å²) in [6.45, 7) is 7.36. The van der Waals surface area contributed by atoms with Crippen LogP contribution in [0.25, 0.3) is 5.69 Å². The van der Waals surface area contributed by atoms with Crippen molar-refractivity contribution in [3.8, 4) is 11.4 Å². The van der Waals surface area contributed by atoms with Gasteiger partial charge in [-0.15, -0.1) is 10.2 Å². The lowest BCUT2D eigenvalue weighted by Gasteiger charge is -2.33. The van der Waals surface area contributed by atoms with E-state index in [2.05, 4.69) is 17.1 Å². The Morgan fingerprint density at radius 2 is 1.81 bits per heavy atom. The van der Waals surface area contributed by atoms with Crippen molar-refractivity contribution in [1.29, 1.82) is 0 Å². The minimum Gasteiger partial charge on any atom is -0.485 e. The molecule has 1 fully saturated rings. The summed E-state index contributed by atoms with van der Waals surface area (Å²) in [5.74, 6) is 2.10. The molecule has 1 unspecified atom stereocenters. The van der Waals surface area contributed by atoms with Gasteiger partial charge in [-0.05, 0) is 63.3 Å². The third kappa shape index (κ3) is 4.99. The molecule has 3 aromatic rings. The summed E-state index contributed by atoms with van der Waals surface area (Å²) in [5, 5.41) is 9.53. The molecule has 1 aromatic heterocycles. The summed E-state index contributed by atoms with van der Waals surface area (Å²) in [4.78, 5) is 14.8. The van der Waals surface area contributed by atoms with Crippen molar-refractivity contribution in [2.45, 2.75) is 57.8 Å². The second-order valence-electron chi connectivity index (χ2n) is 8.30. The highest BCUT2D eigenvalue weighted by molar-refractivity contribution is 7.99. The molecule has 6 nitrogen and oxygen atoms in total. The van der Waals surface area contributed by atoms with E-state index in [-0.39, 0.29) is 5.91 Å². The smallest absolute Gasteiger partial charge is 0.233 e. The van der Waals surface area contributed by atoms with Gasteiger partial charge in [0.2, 0.25) is 5.91 Å². The number of hydrogen-bond acceptors (Lipinski definition) is 5. The number of aryl methyl sites for hydroxylation is 2. The molecule has 4 rings (SSSR count). The molecule has 0 aliphatic carbocycles. The molecule has 0 saturated carbocycles. The second-order valence-corrected chi connectivity index (χ2v) is 9.24. The Hall–Kier alpha value is -2.80. The fourth-order valence-corrected chi connectivity index (χ4v) is 5.02. The number of piperidine rings is 1. The molecule has 0 spiro atoms. The van der Waals surface area contributed by atoms with E-state index in [1.165, 1.54) is 18.2 Å². The van der Waals surface area contributed by atoms with Crippen LogP contribution >= 0.6 is 11.8 Å². The van der Waals surface area contributed by atoms with Gasteiger partial charge in [0.05, 0.1) is 5.75 Å². The van der Waals surface area contributed by atoms with Crippen molar-refractivity contribution >= 4 is 17.7 Å². The van der Waals surface area contributed by atoms with Crippen LogP contribution in [-0.4, -0.2) is 43.9 Å². The van der Waals surface area contributed by atoms with Crippen molar-refractivity contribution in [3.05, 3.63) is 65.5 Å². The largest absolute Gasteiger partial charge is 0.485 e. The van der Waals surface area contributed by atoms with Crippen LogP contribution in [0.2, 0.25) is 0 Å². The molecule has 2 heterocycles. The maximum atomic E-state index is 12.8. The highest BCUT2D eigenvalue weighted by Crippen LogP contribution is 2.27. The zero-order valence-electron chi connectivity index (χ0n) is 19.0. The average Bonchev–Trinajstić information content (AvgIpc) is 3.21. The number of hydrogen-bond donors (Lipinski definition) is 0. The zero-order chi connectivity index (χ0) is 22.5. The fourth-order valence-electron chi connectivity index (χ4n) is 4.17. The number of carbonyl (C=O) groups excluding carboxylic acids is 1. The standard InChI is InChI=1S/C25H30N4O2S/c1-18-10-9-11-19(2)24(18)31-16-22-26-27-25(29(22)21-13-5-4-6-14-21)32-17-23(30)28-15-8-7-12-20(28)3/h4-6,9-11,13-14,20H,7-8,12,15-17H2,1-3H3. The molecule has 0 N–H and O–H groups in total. The summed E-state index contributed by atoms with van der Waals surface area (Å²) >= 11 is 1.44. The van der Waals surface area contributed by atoms with E-state index in [0.717, 1.165) is 42.0 Å². The maximum Gasteiger partial charge on any atom is 0.233 e. The molecular weight excluding hydrogens is 420 g/mol. The van der Waals surface area contributed by atoms with Gasteiger partial charge < -0.3 is 9.64 Å². The lowest BCUT2D eigenvalue weighted by Crippen LogP contribution is -2.42. The molecule has 32 heavy (non-hydrogen) atoms. The summed E-state index contributed by atoms with van der Waals surface area (Å²) in [5.41, 5.74) is 3.14. The van der Waals surface area contributed by atoms with E-state index in [0.29, 0.717) is 29.4 Å². The molecule has 1 amide bonds. The number of carbonyl (C=O) groups is 1. The van der Waals surface area contributed by atoms with Gasteiger partial charge in [-0.25, -0.2) is 0 Å². The highest BCUT2D eigenvalue weighted by atomic mass is 32.2. The Balaban J connectivity index is 1.54. The second kappa shape index (κ2) is 10.2. The van der Waals surface area contributed by atoms with Gasteiger partial charge in [0.1, 0.15) is 12.4 Å². The van der Waals surface area contributed by atoms with E-state index in [9.17, 15) is 4.79 Å². The Morgan fingerprint density at radius 1 is 1.06 bits per heavy atom. The first-order valence-corrected chi connectivity index (χ1v) is 12.1. The summed E-state index contributed by atoms with van der Waals surface area (Å²) in [7, 11) is 0. The van der Waals surface area contributed by atoms with Crippen molar-refractivity contribution in [2.24, 2.45) is 0 Å². The third-order valence-corrected chi connectivity index (χ3v) is 6.83. The minimum atomic E-state index is 0.165. The van der Waals surface area contributed by atoms with Gasteiger partial charge in [0, 0.05) is 18.3 Å². The lowest BCUT2D eigenvalue weighted by molar-refractivity contribution is -0.131. The molecule has 0 radical (unpaired) electrons. The predicted molar refractivity (Wildman–Crippen MR) is 127 cm³/mol. The number of likely N-dealkylation sites (tertiary alicyclic amines) is 1. The third-order valence-electron chi connectivity index (χ3n) is 5.92. The maximum absolute atomic E-state index is 12.8. The Bertz CT molecular complexity index is 1050. The minimum absolute atomic E-state index is 0.165. The van der Waals surface area contributed by atoms with E-state index < -0.39 is 0 Å². The fraction of sp³-hybridized carbons (Fsp3) is 0.400. The van der Waals surface area contributed by atoms with Gasteiger partial charge >= 0.3 is 0 Å². The molecule has 2 aromatic carbocycles. The van der Waals surface area contributed by atoms with Crippen LogP contribution in [-0.2, 0) is 11.4 Å². The Labute approximate surface area is 194 Å². The first kappa shape index (κ1) is 22.4. The Morgan fingerprint density at radius 3 is 2.53 bits per heavy atom. The summed E-state index contributed by atoms with van der Waals surface area (Å²) in [6, 6.07) is 16.4. The molecule has 1 aliphatic rings. The van der Waals surface area contributed by atoms with Gasteiger partial charge in [0.25, 0.3) is 0 Å². The number of ether oxygens (including phenoxy) is 1. The van der Waals surface area contributed by atoms with Gasteiger partial charge in [-0.1, -0.05) is 48.2 Å². The number of nitrogens with zero attached hydrogens (tertiary/aromatic N) is 4. The number of aromatic nitrogens is 3. The van der Waals surface area contributed by atoms with Crippen molar-refractivity contribution in [3.63, 3.8) is 0 Å². The van der Waals surface area contributed by atoms with Crippen LogP contribution in [0, 0.1) is 13.8 Å². The zero-order valence-corrected chi connectivity index (χ0v) is 19.8. The summed E-state index contributed by atoms with van der Waals surface area (Å²) < 4.78 is 8.15.